The Balaban J connectivity index is 0.00000484. The molecule has 0 atom stereocenters. The Morgan fingerprint density at radius 2 is 2.04 bits per heavy atom. The molecule has 0 radical (unpaired) electrons. The first-order chi connectivity index (χ1) is 10.7. The van der Waals surface area contributed by atoms with Crippen LogP contribution in [0.25, 0.3) is 0 Å². The highest BCUT2D eigenvalue weighted by atomic mass is 127. The van der Waals surface area contributed by atoms with Crippen LogP contribution in [-0.4, -0.2) is 76.9 Å². The van der Waals surface area contributed by atoms with Crippen LogP contribution in [0.1, 0.15) is 19.8 Å². The standard InChI is InChI=1S/C15H30N4O3.HI/c1-4-16-15(18-11-14(20)17-7-9-21-3)19(2)8-10-22-12-13-5-6-13;/h13H,4-12H2,1-3H3,(H,16,18)(H,17,20);1H. The summed E-state index contributed by atoms with van der Waals surface area (Å²) in [4.78, 5) is 18.0. The highest BCUT2D eigenvalue weighted by molar-refractivity contribution is 14.0. The van der Waals surface area contributed by atoms with Crippen LogP contribution in [0.3, 0.4) is 0 Å². The Kier molecular flexibility index (Phi) is 13.4. The van der Waals surface area contributed by atoms with Crippen molar-refractivity contribution >= 4 is 35.8 Å². The third-order valence-corrected chi connectivity index (χ3v) is 3.32. The topological polar surface area (TPSA) is 75.2 Å². The molecular formula is C15H31IN4O3. The number of rotatable bonds is 11. The number of hydrogen-bond acceptors (Lipinski definition) is 4. The number of amides is 1. The fourth-order valence-electron chi connectivity index (χ4n) is 1.81. The number of halogens is 1. The summed E-state index contributed by atoms with van der Waals surface area (Å²) in [7, 11) is 3.55. The van der Waals surface area contributed by atoms with Gasteiger partial charge < -0.3 is 25.0 Å². The molecule has 0 aromatic rings. The van der Waals surface area contributed by atoms with Gasteiger partial charge in [0.2, 0.25) is 5.91 Å². The summed E-state index contributed by atoms with van der Waals surface area (Å²) in [5, 5.41) is 5.93. The van der Waals surface area contributed by atoms with Crippen molar-refractivity contribution < 1.29 is 14.3 Å². The van der Waals surface area contributed by atoms with E-state index in [1.54, 1.807) is 7.11 Å². The summed E-state index contributed by atoms with van der Waals surface area (Å²) in [6.07, 6.45) is 2.61. The zero-order valence-electron chi connectivity index (χ0n) is 14.5. The van der Waals surface area contributed by atoms with Crippen LogP contribution < -0.4 is 10.6 Å². The lowest BCUT2D eigenvalue weighted by molar-refractivity contribution is -0.119. The van der Waals surface area contributed by atoms with E-state index in [9.17, 15) is 4.79 Å². The second-order valence-corrected chi connectivity index (χ2v) is 5.45. The second kappa shape index (κ2) is 13.8. The van der Waals surface area contributed by atoms with Crippen LogP contribution in [-0.2, 0) is 14.3 Å². The predicted molar refractivity (Wildman–Crippen MR) is 102 cm³/mol. The molecule has 0 aromatic heterocycles. The number of nitrogens with zero attached hydrogens (tertiary/aromatic N) is 2. The van der Waals surface area contributed by atoms with Gasteiger partial charge in [0.1, 0.15) is 6.54 Å². The molecule has 1 saturated carbocycles. The molecule has 1 aliphatic carbocycles. The van der Waals surface area contributed by atoms with E-state index in [4.69, 9.17) is 9.47 Å². The van der Waals surface area contributed by atoms with Crippen LogP contribution in [0.2, 0.25) is 0 Å². The van der Waals surface area contributed by atoms with Crippen LogP contribution in [0.4, 0.5) is 0 Å². The smallest absolute Gasteiger partial charge is 0.241 e. The molecule has 0 aromatic carbocycles. The number of hydrogen-bond donors (Lipinski definition) is 2. The zero-order chi connectivity index (χ0) is 16.2. The molecule has 0 saturated heterocycles. The summed E-state index contributed by atoms with van der Waals surface area (Å²) < 4.78 is 10.5. The highest BCUT2D eigenvalue weighted by Gasteiger charge is 2.21. The van der Waals surface area contributed by atoms with Gasteiger partial charge in [-0.2, -0.15) is 0 Å². The molecule has 8 heteroatoms. The van der Waals surface area contributed by atoms with Gasteiger partial charge in [-0.3, -0.25) is 4.79 Å². The van der Waals surface area contributed by atoms with Gasteiger partial charge in [-0.1, -0.05) is 0 Å². The predicted octanol–water partition coefficient (Wildman–Crippen LogP) is 0.691. The lowest BCUT2D eigenvalue weighted by Crippen LogP contribution is -2.41. The SMILES string of the molecule is CCNC(=NCC(=O)NCCOC)N(C)CCOCC1CC1.I. The van der Waals surface area contributed by atoms with E-state index < -0.39 is 0 Å². The van der Waals surface area contributed by atoms with Gasteiger partial charge >= 0.3 is 0 Å². The average molecular weight is 442 g/mol. The third kappa shape index (κ3) is 11.5. The molecule has 0 unspecified atom stereocenters. The summed E-state index contributed by atoms with van der Waals surface area (Å²) >= 11 is 0. The van der Waals surface area contributed by atoms with E-state index in [1.807, 2.05) is 18.9 Å². The minimum Gasteiger partial charge on any atom is -0.383 e. The monoisotopic (exact) mass is 442 g/mol. The molecular weight excluding hydrogens is 411 g/mol. The van der Waals surface area contributed by atoms with E-state index in [2.05, 4.69) is 15.6 Å². The Labute approximate surface area is 156 Å². The first-order valence-electron chi connectivity index (χ1n) is 8.00. The summed E-state index contributed by atoms with van der Waals surface area (Å²) in [6, 6.07) is 0. The third-order valence-electron chi connectivity index (χ3n) is 3.32. The Morgan fingerprint density at radius 3 is 2.65 bits per heavy atom. The maximum absolute atomic E-state index is 11.6. The van der Waals surface area contributed by atoms with Gasteiger partial charge in [0, 0.05) is 40.4 Å². The van der Waals surface area contributed by atoms with E-state index >= 15 is 0 Å². The molecule has 1 aliphatic rings. The molecule has 1 amide bonds. The highest BCUT2D eigenvalue weighted by Crippen LogP contribution is 2.28. The van der Waals surface area contributed by atoms with E-state index in [0.717, 1.165) is 31.6 Å². The Hall–Kier alpha value is -0.610. The van der Waals surface area contributed by atoms with Gasteiger partial charge in [-0.25, -0.2) is 4.99 Å². The van der Waals surface area contributed by atoms with Crippen molar-refractivity contribution in [2.24, 2.45) is 10.9 Å². The van der Waals surface area contributed by atoms with Crippen molar-refractivity contribution in [3.8, 4) is 0 Å². The first kappa shape index (κ1) is 22.4. The normalized spacial score (nSPS) is 14.1. The maximum atomic E-state index is 11.6. The average Bonchev–Trinajstić information content (AvgIpc) is 3.32. The summed E-state index contributed by atoms with van der Waals surface area (Å²) in [6.45, 7) is 6.19. The number of guanidine groups is 1. The largest absolute Gasteiger partial charge is 0.383 e. The van der Waals surface area contributed by atoms with Crippen LogP contribution in [0.15, 0.2) is 4.99 Å². The van der Waals surface area contributed by atoms with E-state index in [1.165, 1.54) is 12.8 Å². The molecule has 1 fully saturated rings. The van der Waals surface area contributed by atoms with Crippen molar-refractivity contribution in [1.29, 1.82) is 0 Å². The fraction of sp³-hybridized carbons (Fsp3) is 0.867. The first-order valence-corrected chi connectivity index (χ1v) is 8.00. The van der Waals surface area contributed by atoms with Crippen molar-refractivity contribution in [3.63, 3.8) is 0 Å². The van der Waals surface area contributed by atoms with Gasteiger partial charge in [0.25, 0.3) is 0 Å². The van der Waals surface area contributed by atoms with Crippen LogP contribution in [0.5, 0.6) is 0 Å². The quantitative estimate of drug-likeness (QED) is 0.213. The molecule has 2 N–H and O–H groups in total. The van der Waals surface area contributed by atoms with Crippen molar-refractivity contribution in [1.82, 2.24) is 15.5 Å². The van der Waals surface area contributed by atoms with Crippen LogP contribution >= 0.6 is 24.0 Å². The molecule has 0 spiro atoms. The van der Waals surface area contributed by atoms with Crippen molar-refractivity contribution in [2.45, 2.75) is 19.8 Å². The molecule has 7 nitrogen and oxygen atoms in total. The summed E-state index contributed by atoms with van der Waals surface area (Å²) in [5.74, 6) is 1.40. The minimum absolute atomic E-state index is 0. The lowest BCUT2D eigenvalue weighted by atomic mass is 10.5. The Bertz CT molecular complexity index is 352. The summed E-state index contributed by atoms with van der Waals surface area (Å²) in [5.41, 5.74) is 0. The van der Waals surface area contributed by atoms with Gasteiger partial charge in [-0.15, -0.1) is 24.0 Å². The fourth-order valence-corrected chi connectivity index (χ4v) is 1.81. The zero-order valence-corrected chi connectivity index (χ0v) is 16.8. The number of methoxy groups -OCH3 is 1. The molecule has 23 heavy (non-hydrogen) atoms. The number of likely N-dealkylation sites (N-methyl/N-ethyl adjacent to an activating group) is 1. The number of aliphatic imine (C=N–C) groups is 1. The number of carbonyl (C=O) groups excluding carboxylic acids is 1. The maximum Gasteiger partial charge on any atom is 0.241 e. The van der Waals surface area contributed by atoms with E-state index in [0.29, 0.717) is 19.8 Å². The second-order valence-electron chi connectivity index (χ2n) is 5.45. The van der Waals surface area contributed by atoms with E-state index in [-0.39, 0.29) is 36.4 Å². The van der Waals surface area contributed by atoms with Crippen molar-refractivity contribution in [2.75, 3.05) is 60.2 Å². The molecule has 0 heterocycles. The van der Waals surface area contributed by atoms with Gasteiger partial charge in [0.15, 0.2) is 5.96 Å². The Morgan fingerprint density at radius 1 is 1.30 bits per heavy atom. The molecule has 0 aliphatic heterocycles. The van der Waals surface area contributed by atoms with Gasteiger partial charge in [-0.05, 0) is 25.7 Å². The number of ether oxygens (including phenoxy) is 2. The number of carbonyl (C=O) groups is 1. The molecule has 0 bridgehead atoms. The van der Waals surface area contributed by atoms with Gasteiger partial charge in [0.05, 0.1) is 13.2 Å². The number of nitrogens with one attached hydrogen (secondary N) is 2. The van der Waals surface area contributed by atoms with Crippen molar-refractivity contribution in [3.05, 3.63) is 0 Å². The molecule has 136 valence electrons. The minimum atomic E-state index is -0.106. The molecule has 1 rings (SSSR count). The van der Waals surface area contributed by atoms with Crippen LogP contribution in [0, 0.1) is 5.92 Å². The lowest BCUT2D eigenvalue weighted by Gasteiger charge is -2.21.